The minimum Gasteiger partial charge on any atom is -0.534 e. The maximum atomic E-state index is 6.20. The lowest BCUT2D eigenvalue weighted by Crippen LogP contribution is -2.35. The van der Waals surface area contributed by atoms with Crippen molar-refractivity contribution >= 4 is 55.7 Å². The Balaban J connectivity index is 1.77. The Bertz CT molecular complexity index is 1420. The quantitative estimate of drug-likeness (QED) is 0.214. The predicted octanol–water partition coefficient (Wildman–Crippen LogP) is 5.77. The molecule has 5 aromatic rings. The summed E-state index contributed by atoms with van der Waals surface area (Å²) in [6.45, 7) is 8.04. The number of fused-ring (bicyclic) bond motifs is 3. The molecule has 1 aliphatic rings. The Morgan fingerprint density at radius 2 is 1.39 bits per heavy atom. The molecule has 0 radical (unpaired) electrons. The molecule has 0 bridgehead atoms. The molecule has 3 heteroatoms. The molecule has 1 fully saturated rings. The Morgan fingerprint density at radius 3 is 2.11 bits per heavy atom. The van der Waals surface area contributed by atoms with Gasteiger partial charge in [0.25, 0.3) is 0 Å². The molecule has 0 aromatic heterocycles. The SMILES string of the molecule is C=C1OB(c2ccc3c4ccccc4c4cccc5ccc2c3c54)OC1(C)C. The molecule has 5 aromatic carbocycles. The molecule has 0 amide bonds. The van der Waals surface area contributed by atoms with Crippen LogP contribution in [0.25, 0.3) is 43.1 Å². The molecule has 0 spiro atoms. The van der Waals surface area contributed by atoms with Gasteiger partial charge in [-0.3, -0.25) is 0 Å². The lowest BCUT2D eigenvalue weighted by atomic mass is 9.74. The normalized spacial score (nSPS) is 16.6. The van der Waals surface area contributed by atoms with E-state index in [4.69, 9.17) is 9.31 Å². The van der Waals surface area contributed by atoms with E-state index >= 15 is 0 Å². The second kappa shape index (κ2) is 5.27. The summed E-state index contributed by atoms with van der Waals surface area (Å²) < 4.78 is 12.2. The summed E-state index contributed by atoms with van der Waals surface area (Å²) in [4.78, 5) is 0. The first-order chi connectivity index (χ1) is 13.5. The van der Waals surface area contributed by atoms with Crippen molar-refractivity contribution in [1.29, 1.82) is 0 Å². The average molecular weight is 362 g/mol. The first-order valence-electron chi connectivity index (χ1n) is 9.66. The third kappa shape index (κ3) is 1.97. The molecule has 1 heterocycles. The van der Waals surface area contributed by atoms with Crippen LogP contribution < -0.4 is 5.46 Å². The standard InChI is InChI=1S/C25H19BO2/c1-15-25(2,3)28-26(27-15)22-14-13-20-18-9-5-4-8-17(18)19-10-6-7-16-11-12-21(22)24(20)23(16)19/h4-14H,1H2,2-3H3. The minimum absolute atomic E-state index is 0.432. The Labute approximate surface area is 163 Å². The maximum Gasteiger partial charge on any atom is 0.563 e. The van der Waals surface area contributed by atoms with Gasteiger partial charge in [0.1, 0.15) is 5.60 Å². The molecular weight excluding hydrogens is 343 g/mol. The summed E-state index contributed by atoms with van der Waals surface area (Å²) in [6.07, 6.45) is 0. The largest absolute Gasteiger partial charge is 0.563 e. The van der Waals surface area contributed by atoms with Gasteiger partial charge < -0.3 is 9.31 Å². The van der Waals surface area contributed by atoms with E-state index in [0.717, 1.165) is 5.46 Å². The Morgan fingerprint density at radius 1 is 0.714 bits per heavy atom. The monoisotopic (exact) mass is 362 g/mol. The lowest BCUT2D eigenvalue weighted by molar-refractivity contribution is 0.173. The molecule has 1 aliphatic heterocycles. The van der Waals surface area contributed by atoms with E-state index < -0.39 is 12.7 Å². The second-order valence-corrected chi connectivity index (χ2v) is 8.14. The van der Waals surface area contributed by atoms with Gasteiger partial charge in [-0.05, 0) is 56.9 Å². The molecule has 28 heavy (non-hydrogen) atoms. The Hall–Kier alpha value is -3.04. The van der Waals surface area contributed by atoms with Gasteiger partial charge in [-0.1, -0.05) is 73.3 Å². The summed E-state index contributed by atoms with van der Waals surface area (Å²) in [5.74, 6) is 0.675. The van der Waals surface area contributed by atoms with Crippen LogP contribution in [0.15, 0.2) is 79.1 Å². The summed E-state index contributed by atoms with van der Waals surface area (Å²) >= 11 is 0. The summed E-state index contributed by atoms with van der Waals surface area (Å²) in [7, 11) is -0.432. The van der Waals surface area contributed by atoms with Crippen LogP contribution >= 0.6 is 0 Å². The van der Waals surface area contributed by atoms with E-state index in [0.29, 0.717) is 5.76 Å². The van der Waals surface area contributed by atoms with Gasteiger partial charge in [0, 0.05) is 5.46 Å². The maximum absolute atomic E-state index is 6.20. The molecule has 6 rings (SSSR count). The fourth-order valence-electron chi connectivity index (χ4n) is 4.61. The van der Waals surface area contributed by atoms with E-state index in [-0.39, 0.29) is 0 Å². The molecule has 0 atom stereocenters. The number of benzene rings is 5. The van der Waals surface area contributed by atoms with Crippen LogP contribution in [0.3, 0.4) is 0 Å². The molecule has 2 nitrogen and oxygen atoms in total. The van der Waals surface area contributed by atoms with E-state index in [1.165, 1.54) is 43.1 Å². The summed E-state index contributed by atoms with van der Waals surface area (Å²) in [5, 5.41) is 10.2. The first kappa shape index (κ1) is 16.0. The zero-order valence-corrected chi connectivity index (χ0v) is 16.0. The number of rotatable bonds is 1. The van der Waals surface area contributed by atoms with Gasteiger partial charge >= 0.3 is 7.12 Å². The van der Waals surface area contributed by atoms with Crippen molar-refractivity contribution in [2.45, 2.75) is 19.4 Å². The van der Waals surface area contributed by atoms with Gasteiger partial charge in [-0.25, -0.2) is 0 Å². The minimum atomic E-state index is -0.485. The average Bonchev–Trinajstić information content (AvgIpc) is 2.99. The van der Waals surface area contributed by atoms with Gasteiger partial charge in [-0.2, -0.15) is 0 Å². The fraction of sp³-hybridized carbons (Fsp3) is 0.120. The van der Waals surface area contributed by atoms with Gasteiger partial charge in [-0.15, -0.1) is 0 Å². The van der Waals surface area contributed by atoms with Gasteiger partial charge in [0.05, 0.1) is 5.76 Å². The molecular formula is C25H19BO2. The highest BCUT2D eigenvalue weighted by Gasteiger charge is 2.43. The zero-order valence-electron chi connectivity index (χ0n) is 16.0. The topological polar surface area (TPSA) is 18.5 Å². The van der Waals surface area contributed by atoms with Crippen molar-refractivity contribution in [2.24, 2.45) is 0 Å². The van der Waals surface area contributed by atoms with Crippen molar-refractivity contribution < 1.29 is 9.31 Å². The Kier molecular flexibility index (Phi) is 3.01. The van der Waals surface area contributed by atoms with Gasteiger partial charge in [0.2, 0.25) is 0 Å². The summed E-state index contributed by atoms with van der Waals surface area (Å²) in [5.41, 5.74) is 0.572. The highest BCUT2D eigenvalue weighted by molar-refractivity contribution is 6.66. The van der Waals surface area contributed by atoms with Crippen LogP contribution in [0.1, 0.15) is 13.8 Å². The summed E-state index contributed by atoms with van der Waals surface area (Å²) in [6, 6.07) is 24.0. The van der Waals surface area contributed by atoms with Gasteiger partial charge in [0.15, 0.2) is 0 Å². The molecule has 1 saturated heterocycles. The molecule has 0 aliphatic carbocycles. The smallest absolute Gasteiger partial charge is 0.534 e. The van der Waals surface area contributed by atoms with Crippen LogP contribution in [0.2, 0.25) is 0 Å². The van der Waals surface area contributed by atoms with Crippen LogP contribution in [-0.2, 0) is 9.31 Å². The third-order valence-corrected chi connectivity index (χ3v) is 6.14. The van der Waals surface area contributed by atoms with Crippen molar-refractivity contribution in [3.8, 4) is 0 Å². The van der Waals surface area contributed by atoms with Crippen molar-refractivity contribution in [2.75, 3.05) is 0 Å². The van der Waals surface area contributed by atoms with Crippen molar-refractivity contribution in [3.63, 3.8) is 0 Å². The van der Waals surface area contributed by atoms with E-state index in [2.05, 4.69) is 73.3 Å². The molecule has 0 unspecified atom stereocenters. The second-order valence-electron chi connectivity index (χ2n) is 8.14. The molecule has 0 N–H and O–H groups in total. The van der Waals surface area contributed by atoms with Crippen LogP contribution in [0, 0.1) is 0 Å². The van der Waals surface area contributed by atoms with Crippen molar-refractivity contribution in [1.82, 2.24) is 0 Å². The molecule has 134 valence electrons. The number of hydrogen-bond donors (Lipinski definition) is 0. The van der Waals surface area contributed by atoms with E-state index in [9.17, 15) is 0 Å². The first-order valence-corrected chi connectivity index (χ1v) is 9.66. The van der Waals surface area contributed by atoms with Crippen LogP contribution in [-0.4, -0.2) is 12.7 Å². The van der Waals surface area contributed by atoms with E-state index in [1.54, 1.807) is 0 Å². The predicted molar refractivity (Wildman–Crippen MR) is 118 cm³/mol. The molecule has 0 saturated carbocycles. The van der Waals surface area contributed by atoms with Crippen molar-refractivity contribution in [3.05, 3.63) is 79.1 Å². The van der Waals surface area contributed by atoms with Crippen LogP contribution in [0.5, 0.6) is 0 Å². The number of hydrogen-bond acceptors (Lipinski definition) is 2. The highest BCUT2D eigenvalue weighted by Crippen LogP contribution is 2.40. The third-order valence-electron chi connectivity index (χ3n) is 6.14. The zero-order chi connectivity index (χ0) is 19.0. The van der Waals surface area contributed by atoms with Crippen LogP contribution in [0.4, 0.5) is 0 Å². The lowest BCUT2D eigenvalue weighted by Gasteiger charge is -2.18. The highest BCUT2D eigenvalue weighted by atomic mass is 16.7. The fourth-order valence-corrected chi connectivity index (χ4v) is 4.61. The van der Waals surface area contributed by atoms with E-state index in [1.807, 2.05) is 13.8 Å².